The van der Waals surface area contributed by atoms with E-state index in [-0.39, 0.29) is 0 Å². The van der Waals surface area contributed by atoms with Gasteiger partial charge in [0.2, 0.25) is 5.95 Å². The predicted octanol–water partition coefficient (Wildman–Crippen LogP) is 5.45. The van der Waals surface area contributed by atoms with E-state index < -0.39 is 0 Å². The van der Waals surface area contributed by atoms with Crippen LogP contribution in [-0.4, -0.2) is 9.97 Å². The van der Waals surface area contributed by atoms with Gasteiger partial charge in [-0.1, -0.05) is 29.3 Å². The minimum atomic E-state index is 0.422. The minimum Gasteiger partial charge on any atom is -0.340 e. The van der Waals surface area contributed by atoms with Gasteiger partial charge in [-0.2, -0.15) is 10.2 Å². The number of hydrogen-bond donors (Lipinski definition) is 2. The highest BCUT2D eigenvalue weighted by atomic mass is 35.5. The normalized spacial score (nSPS) is 10.2. The van der Waals surface area contributed by atoms with Crippen LogP contribution in [0.1, 0.15) is 11.3 Å². The van der Waals surface area contributed by atoms with Crippen LogP contribution in [0.25, 0.3) is 0 Å². The van der Waals surface area contributed by atoms with Crippen LogP contribution in [0.5, 0.6) is 0 Å². The maximum absolute atomic E-state index is 8.98. The van der Waals surface area contributed by atoms with E-state index in [2.05, 4.69) is 26.7 Å². The fraction of sp³-hybridized carbons (Fsp3) is 0.0556. The Bertz CT molecular complexity index is 946. The van der Waals surface area contributed by atoms with Crippen molar-refractivity contribution >= 4 is 46.3 Å². The van der Waals surface area contributed by atoms with Crippen molar-refractivity contribution in [2.45, 2.75) is 6.92 Å². The molecule has 0 fully saturated rings. The van der Waals surface area contributed by atoms with Gasteiger partial charge in [0.25, 0.3) is 0 Å². The molecular formula is C18H13Cl2N5. The van der Waals surface area contributed by atoms with Gasteiger partial charge >= 0.3 is 0 Å². The number of benzene rings is 2. The number of nitrogens with one attached hydrogen (secondary N) is 2. The molecule has 0 saturated heterocycles. The van der Waals surface area contributed by atoms with Crippen molar-refractivity contribution in [3.8, 4) is 6.07 Å². The largest absolute Gasteiger partial charge is 0.340 e. The molecule has 0 atom stereocenters. The van der Waals surface area contributed by atoms with Crippen molar-refractivity contribution in [1.29, 1.82) is 5.26 Å². The zero-order valence-electron chi connectivity index (χ0n) is 13.2. The molecule has 0 bridgehead atoms. The van der Waals surface area contributed by atoms with Gasteiger partial charge in [-0.3, -0.25) is 0 Å². The number of halogens is 2. The van der Waals surface area contributed by atoms with Gasteiger partial charge in [0, 0.05) is 33.2 Å². The van der Waals surface area contributed by atoms with E-state index in [0.29, 0.717) is 27.4 Å². The molecule has 5 nitrogen and oxygen atoms in total. The van der Waals surface area contributed by atoms with Crippen LogP contribution in [0.4, 0.5) is 23.1 Å². The number of rotatable bonds is 4. The van der Waals surface area contributed by atoms with Crippen LogP contribution in [-0.2, 0) is 0 Å². The maximum Gasteiger partial charge on any atom is 0.229 e. The fourth-order valence-corrected chi connectivity index (χ4v) is 2.78. The first-order valence-corrected chi connectivity index (χ1v) is 8.13. The van der Waals surface area contributed by atoms with Crippen LogP contribution in [0.3, 0.4) is 0 Å². The highest BCUT2D eigenvalue weighted by Gasteiger charge is 2.05. The molecule has 3 aromatic rings. The van der Waals surface area contributed by atoms with Gasteiger partial charge in [-0.15, -0.1) is 0 Å². The lowest BCUT2D eigenvalue weighted by Gasteiger charge is -2.10. The summed E-state index contributed by atoms with van der Waals surface area (Å²) < 4.78 is 0. The van der Waals surface area contributed by atoms with Crippen molar-refractivity contribution in [2.24, 2.45) is 0 Å². The monoisotopic (exact) mass is 369 g/mol. The van der Waals surface area contributed by atoms with Gasteiger partial charge < -0.3 is 10.6 Å². The van der Waals surface area contributed by atoms with Crippen molar-refractivity contribution in [3.63, 3.8) is 0 Å². The molecule has 1 heterocycles. The van der Waals surface area contributed by atoms with Gasteiger partial charge in [0.1, 0.15) is 5.82 Å². The summed E-state index contributed by atoms with van der Waals surface area (Å²) >= 11 is 12.0. The quantitative estimate of drug-likeness (QED) is 0.639. The topological polar surface area (TPSA) is 73.6 Å². The summed E-state index contributed by atoms with van der Waals surface area (Å²) in [5.41, 5.74) is 2.81. The Balaban J connectivity index is 1.86. The van der Waals surface area contributed by atoms with Crippen molar-refractivity contribution in [2.75, 3.05) is 10.6 Å². The molecule has 0 spiro atoms. The predicted molar refractivity (Wildman–Crippen MR) is 101 cm³/mol. The van der Waals surface area contributed by atoms with E-state index in [1.807, 2.05) is 19.1 Å². The molecule has 2 aromatic carbocycles. The second-order valence-corrected chi connectivity index (χ2v) is 6.19. The molecule has 0 unspecified atom stereocenters. The van der Waals surface area contributed by atoms with Crippen molar-refractivity contribution in [3.05, 3.63) is 69.8 Å². The standard InChI is InChI=1S/C18H13Cl2N5/c1-11-5-17(23-16-8-13(19)7-14(20)9-16)25-18(22-11)24-15-4-2-3-12(6-15)10-21/h2-9H,1H3,(H2,22,23,24,25). The van der Waals surface area contributed by atoms with E-state index in [0.717, 1.165) is 17.1 Å². The van der Waals surface area contributed by atoms with Crippen LogP contribution >= 0.6 is 23.2 Å². The van der Waals surface area contributed by atoms with E-state index in [4.69, 9.17) is 28.5 Å². The molecule has 0 saturated carbocycles. The Hall–Kier alpha value is -2.81. The molecule has 0 radical (unpaired) electrons. The third-order valence-electron chi connectivity index (χ3n) is 3.24. The summed E-state index contributed by atoms with van der Waals surface area (Å²) in [6.07, 6.45) is 0. The molecule has 0 aliphatic rings. The molecule has 25 heavy (non-hydrogen) atoms. The van der Waals surface area contributed by atoms with E-state index in [9.17, 15) is 0 Å². The van der Waals surface area contributed by atoms with Crippen LogP contribution < -0.4 is 10.6 Å². The zero-order valence-corrected chi connectivity index (χ0v) is 14.7. The first kappa shape index (κ1) is 17.0. The zero-order chi connectivity index (χ0) is 17.8. The number of aryl methyl sites for hydroxylation is 1. The van der Waals surface area contributed by atoms with Crippen LogP contribution in [0.2, 0.25) is 10.0 Å². The van der Waals surface area contributed by atoms with E-state index in [1.165, 1.54) is 0 Å². The molecule has 0 aliphatic carbocycles. The Morgan fingerprint density at radius 3 is 2.40 bits per heavy atom. The van der Waals surface area contributed by atoms with Crippen LogP contribution in [0, 0.1) is 18.3 Å². The molecule has 3 rings (SSSR count). The second kappa shape index (κ2) is 7.39. The minimum absolute atomic E-state index is 0.422. The van der Waals surface area contributed by atoms with Gasteiger partial charge in [0.05, 0.1) is 11.6 Å². The highest BCUT2D eigenvalue weighted by molar-refractivity contribution is 6.35. The lowest BCUT2D eigenvalue weighted by molar-refractivity contribution is 1.11. The van der Waals surface area contributed by atoms with Gasteiger partial charge in [0.15, 0.2) is 0 Å². The number of hydrogen-bond acceptors (Lipinski definition) is 5. The summed E-state index contributed by atoms with van der Waals surface area (Å²) in [5, 5.41) is 16.3. The van der Waals surface area contributed by atoms with Gasteiger partial charge in [-0.05, 0) is 43.3 Å². The summed E-state index contributed by atoms with van der Waals surface area (Å²) in [6.45, 7) is 1.87. The Kier molecular flexibility index (Phi) is 5.03. The molecular weight excluding hydrogens is 357 g/mol. The Labute approximate surface area is 155 Å². The summed E-state index contributed by atoms with van der Waals surface area (Å²) in [6, 6.07) is 16.2. The average Bonchev–Trinajstić information content (AvgIpc) is 2.53. The Morgan fingerprint density at radius 1 is 0.920 bits per heavy atom. The fourth-order valence-electron chi connectivity index (χ4n) is 2.26. The maximum atomic E-state index is 8.98. The average molecular weight is 370 g/mol. The molecule has 7 heteroatoms. The van der Waals surface area contributed by atoms with Crippen molar-refractivity contribution < 1.29 is 0 Å². The molecule has 0 amide bonds. The summed E-state index contributed by atoms with van der Waals surface area (Å²) in [7, 11) is 0. The molecule has 1 aromatic heterocycles. The number of aromatic nitrogens is 2. The third-order valence-corrected chi connectivity index (χ3v) is 3.67. The molecule has 2 N–H and O–H groups in total. The van der Waals surface area contributed by atoms with E-state index >= 15 is 0 Å². The second-order valence-electron chi connectivity index (χ2n) is 5.32. The first-order chi connectivity index (χ1) is 12.0. The lowest BCUT2D eigenvalue weighted by Crippen LogP contribution is -2.02. The van der Waals surface area contributed by atoms with Crippen molar-refractivity contribution in [1.82, 2.24) is 9.97 Å². The Morgan fingerprint density at radius 2 is 1.68 bits per heavy atom. The number of nitrogens with zero attached hydrogens (tertiary/aromatic N) is 3. The van der Waals surface area contributed by atoms with E-state index in [1.54, 1.807) is 36.4 Å². The summed E-state index contributed by atoms with van der Waals surface area (Å²) in [4.78, 5) is 8.80. The highest BCUT2D eigenvalue weighted by Crippen LogP contribution is 2.25. The van der Waals surface area contributed by atoms with Gasteiger partial charge in [-0.25, -0.2) is 4.98 Å². The SMILES string of the molecule is Cc1cc(Nc2cc(Cl)cc(Cl)c2)nc(Nc2cccc(C#N)c2)n1. The molecule has 0 aliphatic heterocycles. The smallest absolute Gasteiger partial charge is 0.229 e. The summed E-state index contributed by atoms with van der Waals surface area (Å²) in [5.74, 6) is 1.02. The number of anilines is 4. The third kappa shape index (κ3) is 4.60. The lowest BCUT2D eigenvalue weighted by atomic mass is 10.2. The van der Waals surface area contributed by atoms with Crippen LogP contribution in [0.15, 0.2) is 48.5 Å². The number of nitriles is 1. The molecule has 124 valence electrons. The first-order valence-electron chi connectivity index (χ1n) is 7.38.